The van der Waals surface area contributed by atoms with Gasteiger partial charge in [-0.15, -0.1) is 0 Å². The molecule has 0 aliphatic carbocycles. The number of hydrogen-bond acceptors (Lipinski definition) is 3. The standard InChI is InChI=1S/C11H16N2O3/c1-11(2,3)16-10(15)13(4)8-5-6-12-9(14)7-8/h5-7H,1-4H3,(H,12,14). The lowest BCUT2D eigenvalue weighted by Crippen LogP contribution is -2.34. The quantitative estimate of drug-likeness (QED) is 0.790. The molecule has 1 heterocycles. The Hall–Kier alpha value is -1.78. The fourth-order valence-corrected chi connectivity index (χ4v) is 1.08. The maximum atomic E-state index is 11.7. The van der Waals surface area contributed by atoms with Gasteiger partial charge in [-0.1, -0.05) is 0 Å². The number of carbonyl (C=O) groups is 1. The van der Waals surface area contributed by atoms with E-state index < -0.39 is 11.7 Å². The van der Waals surface area contributed by atoms with Crippen LogP contribution in [0.4, 0.5) is 10.5 Å². The van der Waals surface area contributed by atoms with E-state index in [-0.39, 0.29) is 5.56 Å². The second kappa shape index (κ2) is 4.38. The van der Waals surface area contributed by atoms with Gasteiger partial charge in [-0.2, -0.15) is 0 Å². The van der Waals surface area contributed by atoms with Gasteiger partial charge >= 0.3 is 6.09 Å². The fraction of sp³-hybridized carbons (Fsp3) is 0.455. The van der Waals surface area contributed by atoms with Crippen LogP contribution in [0.15, 0.2) is 23.1 Å². The van der Waals surface area contributed by atoms with Crippen molar-refractivity contribution in [1.29, 1.82) is 0 Å². The molecule has 0 aliphatic rings. The summed E-state index contributed by atoms with van der Waals surface area (Å²) in [5.41, 5.74) is -0.307. The molecule has 0 saturated carbocycles. The number of hydrogen-bond donors (Lipinski definition) is 1. The van der Waals surface area contributed by atoms with E-state index in [4.69, 9.17) is 4.74 Å². The molecule has 0 aromatic carbocycles. The number of nitrogens with one attached hydrogen (secondary N) is 1. The largest absolute Gasteiger partial charge is 0.443 e. The van der Waals surface area contributed by atoms with Crippen LogP contribution in [0, 0.1) is 0 Å². The number of H-pyrrole nitrogens is 1. The maximum Gasteiger partial charge on any atom is 0.414 e. The van der Waals surface area contributed by atoms with Gasteiger partial charge in [0.15, 0.2) is 0 Å². The lowest BCUT2D eigenvalue weighted by molar-refractivity contribution is 0.0589. The normalized spacial score (nSPS) is 11.0. The molecule has 1 amide bonds. The van der Waals surface area contributed by atoms with Crippen LogP contribution in [0.3, 0.4) is 0 Å². The molecule has 88 valence electrons. The fourth-order valence-electron chi connectivity index (χ4n) is 1.08. The molecule has 0 bridgehead atoms. The summed E-state index contributed by atoms with van der Waals surface area (Å²) in [6.07, 6.45) is 0.997. The highest BCUT2D eigenvalue weighted by Gasteiger charge is 2.20. The zero-order valence-electron chi connectivity index (χ0n) is 9.90. The Morgan fingerprint density at radius 1 is 1.44 bits per heavy atom. The van der Waals surface area contributed by atoms with Crippen LogP contribution in [0.2, 0.25) is 0 Å². The Bertz CT molecular complexity index is 431. The van der Waals surface area contributed by atoms with Crippen LogP contribution in [0.25, 0.3) is 0 Å². The van der Waals surface area contributed by atoms with E-state index >= 15 is 0 Å². The highest BCUT2D eigenvalue weighted by atomic mass is 16.6. The Morgan fingerprint density at radius 2 is 2.06 bits per heavy atom. The summed E-state index contributed by atoms with van der Waals surface area (Å²) in [6, 6.07) is 2.97. The number of amides is 1. The summed E-state index contributed by atoms with van der Waals surface area (Å²) in [4.78, 5) is 26.5. The van der Waals surface area contributed by atoms with E-state index in [0.29, 0.717) is 5.69 Å². The number of ether oxygens (including phenoxy) is 1. The van der Waals surface area contributed by atoms with Gasteiger partial charge in [-0.05, 0) is 26.8 Å². The zero-order chi connectivity index (χ0) is 12.3. The summed E-state index contributed by atoms with van der Waals surface area (Å²) in [5, 5.41) is 0. The molecule has 0 atom stereocenters. The summed E-state index contributed by atoms with van der Waals surface area (Å²) >= 11 is 0. The predicted octanol–water partition coefficient (Wildman–Crippen LogP) is 1.75. The van der Waals surface area contributed by atoms with Crippen LogP contribution in [0.5, 0.6) is 0 Å². The van der Waals surface area contributed by atoms with Crippen molar-refractivity contribution < 1.29 is 9.53 Å². The number of aromatic amines is 1. The molecular weight excluding hydrogens is 208 g/mol. The van der Waals surface area contributed by atoms with Crippen molar-refractivity contribution in [3.63, 3.8) is 0 Å². The van der Waals surface area contributed by atoms with Crippen LogP contribution in [-0.2, 0) is 4.74 Å². The van der Waals surface area contributed by atoms with Crippen molar-refractivity contribution in [3.05, 3.63) is 28.7 Å². The van der Waals surface area contributed by atoms with Crippen molar-refractivity contribution in [1.82, 2.24) is 4.98 Å². The molecule has 0 spiro atoms. The topological polar surface area (TPSA) is 62.4 Å². The van der Waals surface area contributed by atoms with E-state index in [2.05, 4.69) is 4.98 Å². The molecule has 1 aromatic heterocycles. The van der Waals surface area contributed by atoms with Crippen LogP contribution in [0.1, 0.15) is 20.8 Å². The molecule has 0 aliphatic heterocycles. The Balaban J connectivity index is 2.82. The molecule has 5 nitrogen and oxygen atoms in total. The molecule has 16 heavy (non-hydrogen) atoms. The second-order valence-electron chi connectivity index (χ2n) is 4.45. The molecule has 0 unspecified atom stereocenters. The predicted molar refractivity (Wildman–Crippen MR) is 61.7 cm³/mol. The van der Waals surface area contributed by atoms with E-state index in [1.54, 1.807) is 33.9 Å². The lowest BCUT2D eigenvalue weighted by atomic mass is 10.2. The van der Waals surface area contributed by atoms with Crippen molar-refractivity contribution in [2.24, 2.45) is 0 Å². The first-order chi connectivity index (χ1) is 7.29. The van der Waals surface area contributed by atoms with Gasteiger partial charge in [0.1, 0.15) is 5.60 Å². The molecule has 1 N–H and O–H groups in total. The third kappa shape index (κ3) is 3.42. The molecule has 1 aromatic rings. The van der Waals surface area contributed by atoms with Gasteiger partial charge in [0, 0.05) is 19.3 Å². The van der Waals surface area contributed by atoms with E-state index in [1.165, 1.54) is 17.2 Å². The second-order valence-corrected chi connectivity index (χ2v) is 4.45. The van der Waals surface area contributed by atoms with Gasteiger partial charge in [0.25, 0.3) is 0 Å². The number of nitrogens with zero attached hydrogens (tertiary/aromatic N) is 1. The molecule has 1 rings (SSSR count). The van der Waals surface area contributed by atoms with Crippen molar-refractivity contribution in [2.75, 3.05) is 11.9 Å². The number of rotatable bonds is 1. The van der Waals surface area contributed by atoms with Crippen molar-refractivity contribution in [3.8, 4) is 0 Å². The van der Waals surface area contributed by atoms with Gasteiger partial charge in [-0.25, -0.2) is 4.79 Å². The van der Waals surface area contributed by atoms with Crippen LogP contribution in [-0.4, -0.2) is 23.7 Å². The zero-order valence-corrected chi connectivity index (χ0v) is 9.90. The van der Waals surface area contributed by atoms with Crippen molar-refractivity contribution >= 4 is 11.8 Å². The van der Waals surface area contributed by atoms with Crippen molar-refractivity contribution in [2.45, 2.75) is 26.4 Å². The third-order valence-electron chi connectivity index (χ3n) is 1.81. The minimum Gasteiger partial charge on any atom is -0.443 e. The number of anilines is 1. The van der Waals surface area contributed by atoms with Gasteiger partial charge in [0.05, 0.1) is 5.69 Å². The van der Waals surface area contributed by atoms with Gasteiger partial charge < -0.3 is 9.72 Å². The minimum atomic E-state index is -0.549. The Kier molecular flexibility index (Phi) is 3.37. The first-order valence-corrected chi connectivity index (χ1v) is 4.95. The third-order valence-corrected chi connectivity index (χ3v) is 1.81. The molecule has 0 fully saturated rings. The smallest absolute Gasteiger partial charge is 0.414 e. The summed E-state index contributed by atoms with van der Waals surface area (Å²) in [7, 11) is 1.56. The molecular formula is C11H16N2O3. The minimum absolute atomic E-state index is 0.257. The van der Waals surface area contributed by atoms with Crippen LogP contribution >= 0.6 is 0 Å². The molecule has 5 heteroatoms. The van der Waals surface area contributed by atoms with E-state index in [0.717, 1.165) is 0 Å². The highest BCUT2D eigenvalue weighted by molar-refractivity contribution is 5.86. The number of pyridine rings is 1. The molecule has 0 radical (unpaired) electrons. The maximum absolute atomic E-state index is 11.7. The number of carbonyl (C=O) groups excluding carboxylic acids is 1. The first-order valence-electron chi connectivity index (χ1n) is 4.95. The summed E-state index contributed by atoms with van der Waals surface area (Å²) in [5.74, 6) is 0. The van der Waals surface area contributed by atoms with Gasteiger partial charge in [-0.3, -0.25) is 9.69 Å². The average molecular weight is 224 g/mol. The highest BCUT2D eigenvalue weighted by Crippen LogP contribution is 2.14. The average Bonchev–Trinajstić information content (AvgIpc) is 2.14. The van der Waals surface area contributed by atoms with Gasteiger partial charge in [0.2, 0.25) is 5.56 Å². The van der Waals surface area contributed by atoms with E-state index in [1.807, 2.05) is 0 Å². The van der Waals surface area contributed by atoms with E-state index in [9.17, 15) is 9.59 Å². The Morgan fingerprint density at radius 3 is 2.56 bits per heavy atom. The number of aromatic nitrogens is 1. The lowest BCUT2D eigenvalue weighted by Gasteiger charge is -2.24. The monoisotopic (exact) mass is 224 g/mol. The first kappa shape index (κ1) is 12.3. The Labute approximate surface area is 94.0 Å². The van der Waals surface area contributed by atoms with Crippen LogP contribution < -0.4 is 10.5 Å². The summed E-state index contributed by atoms with van der Waals surface area (Å²) in [6.45, 7) is 5.36. The summed E-state index contributed by atoms with van der Waals surface area (Å²) < 4.78 is 5.17. The molecule has 0 saturated heterocycles. The SMILES string of the molecule is CN(C(=O)OC(C)(C)C)c1cc[nH]c(=O)c1.